The minimum atomic E-state index is -0.257. The van der Waals surface area contributed by atoms with Crippen molar-refractivity contribution in [3.8, 4) is 0 Å². The van der Waals surface area contributed by atoms with Crippen molar-refractivity contribution in [2.75, 3.05) is 20.2 Å². The van der Waals surface area contributed by atoms with Crippen LogP contribution in [0.25, 0.3) is 0 Å². The Labute approximate surface area is 125 Å². The molecule has 2 atom stereocenters. The lowest BCUT2D eigenvalue weighted by molar-refractivity contribution is -0.141. The highest BCUT2D eigenvalue weighted by molar-refractivity contribution is 5.79. The van der Waals surface area contributed by atoms with Gasteiger partial charge in [0.25, 0.3) is 0 Å². The Morgan fingerprint density at radius 3 is 2.76 bits per heavy atom. The van der Waals surface area contributed by atoms with Gasteiger partial charge in [-0.3, -0.25) is 9.59 Å². The standard InChI is InChI=1S/C16H22N2O3/c1-21-15(19)8-7-14(12-5-3-2-4-6-12)18-16(20)13-9-10-17-11-13/h2-6,13-14,17H,7-11H2,1H3,(H,18,20). The molecule has 0 aromatic heterocycles. The van der Waals surface area contributed by atoms with Gasteiger partial charge >= 0.3 is 5.97 Å². The average molecular weight is 290 g/mol. The fourth-order valence-corrected chi connectivity index (χ4v) is 2.54. The molecule has 114 valence electrons. The van der Waals surface area contributed by atoms with E-state index < -0.39 is 0 Å². The molecule has 1 aliphatic rings. The lowest BCUT2D eigenvalue weighted by atomic mass is 10.00. The van der Waals surface area contributed by atoms with Crippen molar-refractivity contribution >= 4 is 11.9 Å². The highest BCUT2D eigenvalue weighted by Crippen LogP contribution is 2.20. The first-order chi connectivity index (χ1) is 10.2. The number of nitrogens with one attached hydrogen (secondary N) is 2. The maximum absolute atomic E-state index is 12.3. The van der Waals surface area contributed by atoms with E-state index in [4.69, 9.17) is 0 Å². The first kappa shape index (κ1) is 15.5. The Bertz CT molecular complexity index is 470. The summed E-state index contributed by atoms with van der Waals surface area (Å²) in [5.41, 5.74) is 1.01. The molecule has 1 heterocycles. The number of rotatable bonds is 6. The van der Waals surface area contributed by atoms with E-state index in [0.29, 0.717) is 12.8 Å². The van der Waals surface area contributed by atoms with E-state index in [1.165, 1.54) is 7.11 Å². The molecule has 0 radical (unpaired) electrons. The smallest absolute Gasteiger partial charge is 0.305 e. The van der Waals surface area contributed by atoms with Crippen LogP contribution in [-0.2, 0) is 14.3 Å². The first-order valence-corrected chi connectivity index (χ1v) is 7.33. The minimum Gasteiger partial charge on any atom is -0.469 e. The molecule has 21 heavy (non-hydrogen) atoms. The molecule has 2 unspecified atom stereocenters. The van der Waals surface area contributed by atoms with Gasteiger partial charge in [-0.15, -0.1) is 0 Å². The van der Waals surface area contributed by atoms with E-state index in [9.17, 15) is 9.59 Å². The van der Waals surface area contributed by atoms with Gasteiger partial charge in [0.15, 0.2) is 0 Å². The van der Waals surface area contributed by atoms with Crippen molar-refractivity contribution in [2.24, 2.45) is 5.92 Å². The molecule has 5 heteroatoms. The van der Waals surface area contributed by atoms with Crippen molar-refractivity contribution < 1.29 is 14.3 Å². The fraction of sp³-hybridized carbons (Fsp3) is 0.500. The van der Waals surface area contributed by atoms with E-state index in [0.717, 1.165) is 25.1 Å². The summed E-state index contributed by atoms with van der Waals surface area (Å²) >= 11 is 0. The van der Waals surface area contributed by atoms with E-state index in [1.54, 1.807) is 0 Å². The molecule has 0 saturated carbocycles. The van der Waals surface area contributed by atoms with Gasteiger partial charge in [0.1, 0.15) is 0 Å². The molecular formula is C16H22N2O3. The first-order valence-electron chi connectivity index (χ1n) is 7.33. The van der Waals surface area contributed by atoms with E-state index >= 15 is 0 Å². The Morgan fingerprint density at radius 1 is 1.38 bits per heavy atom. The maximum atomic E-state index is 12.3. The summed E-state index contributed by atoms with van der Waals surface area (Å²) in [4.78, 5) is 23.6. The number of hydrogen-bond acceptors (Lipinski definition) is 4. The van der Waals surface area contributed by atoms with Gasteiger partial charge in [-0.1, -0.05) is 30.3 Å². The predicted molar refractivity (Wildman–Crippen MR) is 79.6 cm³/mol. The minimum absolute atomic E-state index is 0.0225. The molecule has 1 fully saturated rings. The van der Waals surface area contributed by atoms with Crippen molar-refractivity contribution in [1.29, 1.82) is 0 Å². The second kappa shape index (κ2) is 7.78. The fourth-order valence-electron chi connectivity index (χ4n) is 2.54. The van der Waals surface area contributed by atoms with Gasteiger partial charge in [-0.05, 0) is 24.9 Å². The second-order valence-electron chi connectivity index (χ2n) is 5.28. The molecule has 0 aliphatic carbocycles. The zero-order valence-electron chi connectivity index (χ0n) is 12.3. The molecular weight excluding hydrogens is 268 g/mol. The summed E-state index contributed by atoms with van der Waals surface area (Å²) in [6.07, 6.45) is 1.70. The van der Waals surface area contributed by atoms with Gasteiger partial charge in [0, 0.05) is 13.0 Å². The third kappa shape index (κ3) is 4.56. The SMILES string of the molecule is COC(=O)CCC(NC(=O)C1CCNC1)c1ccccc1. The van der Waals surface area contributed by atoms with Crippen molar-refractivity contribution in [2.45, 2.75) is 25.3 Å². The van der Waals surface area contributed by atoms with Crippen LogP contribution in [0, 0.1) is 5.92 Å². The number of methoxy groups -OCH3 is 1. The van der Waals surface area contributed by atoms with Gasteiger partial charge in [-0.2, -0.15) is 0 Å². The zero-order valence-corrected chi connectivity index (χ0v) is 12.3. The monoisotopic (exact) mass is 290 g/mol. The topological polar surface area (TPSA) is 67.4 Å². The molecule has 5 nitrogen and oxygen atoms in total. The summed E-state index contributed by atoms with van der Waals surface area (Å²) < 4.78 is 4.68. The third-order valence-corrected chi connectivity index (χ3v) is 3.81. The van der Waals surface area contributed by atoms with Gasteiger partial charge in [0.2, 0.25) is 5.91 Å². The molecule has 0 spiro atoms. The van der Waals surface area contributed by atoms with Crippen molar-refractivity contribution in [3.63, 3.8) is 0 Å². The maximum Gasteiger partial charge on any atom is 0.305 e. The molecule has 1 aromatic carbocycles. The second-order valence-corrected chi connectivity index (χ2v) is 5.28. The molecule has 1 aliphatic heterocycles. The average Bonchev–Trinajstić information content (AvgIpc) is 3.06. The Balaban J connectivity index is 2.00. The number of esters is 1. The number of ether oxygens (including phenoxy) is 1. The molecule has 1 saturated heterocycles. The van der Waals surface area contributed by atoms with Gasteiger partial charge < -0.3 is 15.4 Å². The molecule has 2 rings (SSSR count). The van der Waals surface area contributed by atoms with Crippen LogP contribution < -0.4 is 10.6 Å². The summed E-state index contributed by atoms with van der Waals surface area (Å²) in [6.45, 7) is 1.61. The van der Waals surface area contributed by atoms with Gasteiger partial charge in [-0.25, -0.2) is 0 Å². The van der Waals surface area contributed by atoms with E-state index in [2.05, 4.69) is 15.4 Å². The van der Waals surface area contributed by atoms with Crippen LogP contribution in [0.3, 0.4) is 0 Å². The molecule has 1 aromatic rings. The summed E-state index contributed by atoms with van der Waals surface area (Å²) in [7, 11) is 1.38. The van der Waals surface area contributed by atoms with Crippen molar-refractivity contribution in [1.82, 2.24) is 10.6 Å². The number of carbonyl (C=O) groups is 2. The Morgan fingerprint density at radius 2 is 2.14 bits per heavy atom. The summed E-state index contributed by atoms with van der Waals surface area (Å²) in [5.74, 6) is -0.180. The van der Waals surface area contributed by atoms with Crippen LogP contribution in [0.2, 0.25) is 0 Å². The molecule has 0 bridgehead atoms. The Hall–Kier alpha value is -1.88. The van der Waals surface area contributed by atoms with Crippen LogP contribution in [0.15, 0.2) is 30.3 Å². The molecule has 2 N–H and O–H groups in total. The largest absolute Gasteiger partial charge is 0.469 e. The number of amides is 1. The highest BCUT2D eigenvalue weighted by atomic mass is 16.5. The molecule has 1 amide bonds. The summed E-state index contributed by atoms with van der Waals surface area (Å²) in [6, 6.07) is 9.58. The van der Waals surface area contributed by atoms with Crippen LogP contribution in [0.4, 0.5) is 0 Å². The van der Waals surface area contributed by atoms with Gasteiger partial charge in [0.05, 0.1) is 19.1 Å². The highest BCUT2D eigenvalue weighted by Gasteiger charge is 2.25. The zero-order chi connectivity index (χ0) is 15.1. The third-order valence-electron chi connectivity index (χ3n) is 3.81. The van der Waals surface area contributed by atoms with Crippen LogP contribution in [0.1, 0.15) is 30.9 Å². The summed E-state index contributed by atoms with van der Waals surface area (Å²) in [5, 5.41) is 6.26. The number of hydrogen-bond donors (Lipinski definition) is 2. The van der Waals surface area contributed by atoms with Crippen LogP contribution in [-0.4, -0.2) is 32.1 Å². The van der Waals surface area contributed by atoms with Crippen LogP contribution in [0.5, 0.6) is 0 Å². The number of carbonyl (C=O) groups excluding carboxylic acids is 2. The van der Waals surface area contributed by atoms with Crippen molar-refractivity contribution in [3.05, 3.63) is 35.9 Å². The predicted octanol–water partition coefficient (Wildman–Crippen LogP) is 1.41. The Kier molecular flexibility index (Phi) is 5.75. The van der Waals surface area contributed by atoms with Crippen LogP contribution >= 0.6 is 0 Å². The normalized spacial score (nSPS) is 19.0. The number of benzene rings is 1. The van der Waals surface area contributed by atoms with E-state index in [1.807, 2.05) is 30.3 Å². The lowest BCUT2D eigenvalue weighted by Crippen LogP contribution is -2.35. The lowest BCUT2D eigenvalue weighted by Gasteiger charge is -2.21. The quantitative estimate of drug-likeness (QED) is 0.777. The van der Waals surface area contributed by atoms with E-state index in [-0.39, 0.29) is 23.8 Å².